The average molecular weight is 594 g/mol. The Morgan fingerprint density at radius 2 is 2.00 bits per heavy atom. The maximum absolute atomic E-state index is 14.0. The second-order valence-electron chi connectivity index (χ2n) is 9.68. The number of anilines is 3. The van der Waals surface area contributed by atoms with Crippen LogP contribution in [0.1, 0.15) is 48.8 Å². The smallest absolute Gasteiger partial charge is 0.256 e. The Hall–Kier alpha value is -3.13. The van der Waals surface area contributed by atoms with Gasteiger partial charge in [-0.1, -0.05) is 24.9 Å². The first-order valence-corrected chi connectivity index (χ1v) is 15.5. The molecule has 0 spiro atoms. The number of aliphatic hydroxyl groups is 1. The van der Waals surface area contributed by atoms with Gasteiger partial charge in [0, 0.05) is 43.3 Å². The standard InChI is InChI=1S/C26H36ClN7O5S/c1-4-5-9-33(26(36)20-15-19(27)6-7-21(20)31-40(3,37)38)18(2)22-16-24-29-23(28-8-12-35)17-25(34(24)30-22)32-10-13-39-14-11-32/h6-7,15-18,31,35H,4-5,8-14H2,1-3H3,(H,28,29). The number of nitrogens with zero attached hydrogens (tertiary/aromatic N) is 5. The number of fused-ring (bicyclic) bond motifs is 1. The summed E-state index contributed by atoms with van der Waals surface area (Å²) in [6, 6.07) is 7.78. The lowest BCUT2D eigenvalue weighted by Crippen LogP contribution is -2.37. The lowest BCUT2D eigenvalue weighted by Gasteiger charge is -2.30. The number of nitrogens with one attached hydrogen (secondary N) is 2. The number of amides is 1. The molecule has 3 heterocycles. The molecule has 1 aliphatic rings. The lowest BCUT2D eigenvalue weighted by atomic mass is 10.1. The van der Waals surface area contributed by atoms with E-state index in [-0.39, 0.29) is 23.8 Å². The molecule has 0 radical (unpaired) electrons. The van der Waals surface area contributed by atoms with Gasteiger partial charge in [0.1, 0.15) is 11.6 Å². The van der Waals surface area contributed by atoms with Crippen molar-refractivity contribution in [1.29, 1.82) is 0 Å². The van der Waals surface area contributed by atoms with Crippen molar-refractivity contribution in [3.63, 3.8) is 0 Å². The van der Waals surface area contributed by atoms with E-state index in [2.05, 4.69) is 19.9 Å². The summed E-state index contributed by atoms with van der Waals surface area (Å²) in [6.07, 6.45) is 2.63. The molecule has 0 aliphatic carbocycles. The molecular formula is C26H36ClN7O5S. The van der Waals surface area contributed by atoms with Crippen LogP contribution in [0.3, 0.4) is 0 Å². The Morgan fingerprint density at radius 1 is 1.25 bits per heavy atom. The first-order chi connectivity index (χ1) is 19.1. The summed E-state index contributed by atoms with van der Waals surface area (Å²) in [5, 5.41) is 17.6. The minimum atomic E-state index is -3.63. The number of carbonyl (C=O) groups is 1. The molecule has 14 heteroatoms. The summed E-state index contributed by atoms with van der Waals surface area (Å²) in [6.45, 7) is 7.25. The van der Waals surface area contributed by atoms with Crippen LogP contribution in [0.25, 0.3) is 5.65 Å². The molecule has 3 aromatic rings. The van der Waals surface area contributed by atoms with Crippen molar-refractivity contribution in [2.24, 2.45) is 0 Å². The van der Waals surface area contributed by atoms with Crippen molar-refractivity contribution >= 4 is 50.5 Å². The number of aliphatic hydroxyl groups excluding tert-OH is 1. The predicted octanol–water partition coefficient (Wildman–Crippen LogP) is 3.00. The molecule has 1 atom stereocenters. The molecule has 0 saturated carbocycles. The zero-order valence-electron chi connectivity index (χ0n) is 22.9. The molecule has 4 rings (SSSR count). The topological polar surface area (TPSA) is 141 Å². The third kappa shape index (κ3) is 7.14. The van der Waals surface area contributed by atoms with Gasteiger partial charge in [0.15, 0.2) is 5.65 Å². The highest BCUT2D eigenvalue weighted by Crippen LogP contribution is 2.30. The van der Waals surface area contributed by atoms with Gasteiger partial charge in [0.2, 0.25) is 10.0 Å². The molecule has 0 bridgehead atoms. The van der Waals surface area contributed by atoms with Crippen molar-refractivity contribution in [2.75, 3.05) is 67.2 Å². The first-order valence-electron chi connectivity index (χ1n) is 13.3. The number of halogens is 1. The lowest BCUT2D eigenvalue weighted by molar-refractivity contribution is 0.0685. The number of carbonyl (C=O) groups excluding carboxylic acids is 1. The number of morpholine rings is 1. The number of sulfonamides is 1. The zero-order chi connectivity index (χ0) is 28.9. The third-order valence-corrected chi connectivity index (χ3v) is 7.42. The number of ether oxygens (including phenoxy) is 1. The highest BCUT2D eigenvalue weighted by Gasteiger charge is 2.28. The highest BCUT2D eigenvalue weighted by atomic mass is 35.5. The molecule has 1 fully saturated rings. The first kappa shape index (κ1) is 29.8. The highest BCUT2D eigenvalue weighted by molar-refractivity contribution is 7.92. The van der Waals surface area contributed by atoms with Crippen molar-refractivity contribution < 1.29 is 23.1 Å². The van der Waals surface area contributed by atoms with E-state index in [1.165, 1.54) is 18.2 Å². The summed E-state index contributed by atoms with van der Waals surface area (Å²) in [7, 11) is -3.63. The van der Waals surface area contributed by atoms with Gasteiger partial charge in [-0.2, -0.15) is 9.61 Å². The fraction of sp³-hybridized carbons (Fsp3) is 0.500. The van der Waals surface area contributed by atoms with Crippen LogP contribution >= 0.6 is 11.6 Å². The monoisotopic (exact) mass is 593 g/mol. The van der Waals surface area contributed by atoms with Gasteiger partial charge in [-0.05, 0) is 31.5 Å². The number of aromatic nitrogens is 3. The van der Waals surface area contributed by atoms with Crippen LogP contribution in [-0.2, 0) is 14.8 Å². The van der Waals surface area contributed by atoms with Crippen LogP contribution < -0.4 is 14.9 Å². The predicted molar refractivity (Wildman–Crippen MR) is 156 cm³/mol. The Kier molecular flexibility index (Phi) is 9.72. The Balaban J connectivity index is 1.75. The second kappa shape index (κ2) is 13.0. The van der Waals surface area contributed by atoms with Gasteiger partial charge in [-0.25, -0.2) is 13.4 Å². The van der Waals surface area contributed by atoms with Crippen LogP contribution in [0.5, 0.6) is 0 Å². The van der Waals surface area contributed by atoms with Gasteiger partial charge in [-0.15, -0.1) is 0 Å². The molecule has 3 N–H and O–H groups in total. The van der Waals surface area contributed by atoms with Gasteiger partial charge in [-0.3, -0.25) is 9.52 Å². The fourth-order valence-corrected chi connectivity index (χ4v) is 5.32. The van der Waals surface area contributed by atoms with Crippen LogP contribution in [-0.4, -0.2) is 91.2 Å². The van der Waals surface area contributed by atoms with E-state index in [0.29, 0.717) is 61.6 Å². The maximum atomic E-state index is 14.0. The summed E-state index contributed by atoms with van der Waals surface area (Å²) in [5.74, 6) is 1.07. The van der Waals surface area contributed by atoms with E-state index in [9.17, 15) is 18.3 Å². The minimum absolute atomic E-state index is 0.0323. The number of hydrogen-bond donors (Lipinski definition) is 3. The summed E-state index contributed by atoms with van der Waals surface area (Å²) >= 11 is 6.23. The van der Waals surface area contributed by atoms with E-state index in [4.69, 9.17) is 21.4 Å². The Morgan fingerprint density at radius 3 is 2.67 bits per heavy atom. The quantitative estimate of drug-likeness (QED) is 0.289. The average Bonchev–Trinajstić information content (AvgIpc) is 3.36. The normalized spacial score (nSPS) is 14.8. The van der Waals surface area contributed by atoms with Gasteiger partial charge >= 0.3 is 0 Å². The van der Waals surface area contributed by atoms with Crippen molar-refractivity contribution in [3.05, 3.63) is 46.6 Å². The van der Waals surface area contributed by atoms with E-state index in [1.807, 2.05) is 26.0 Å². The van der Waals surface area contributed by atoms with E-state index in [0.717, 1.165) is 24.9 Å². The molecule has 1 amide bonds. The summed E-state index contributed by atoms with van der Waals surface area (Å²) in [5.41, 5.74) is 1.55. The number of unbranched alkanes of at least 4 members (excludes halogenated alkanes) is 1. The van der Waals surface area contributed by atoms with E-state index in [1.54, 1.807) is 9.42 Å². The van der Waals surface area contributed by atoms with Crippen LogP contribution in [0, 0.1) is 0 Å². The van der Waals surface area contributed by atoms with Crippen LogP contribution in [0.2, 0.25) is 5.02 Å². The van der Waals surface area contributed by atoms with E-state index >= 15 is 0 Å². The maximum Gasteiger partial charge on any atom is 0.256 e. The molecule has 1 aliphatic heterocycles. The summed E-state index contributed by atoms with van der Waals surface area (Å²) < 4.78 is 33.7. The van der Waals surface area contributed by atoms with Gasteiger partial charge in [0.05, 0.1) is 49.1 Å². The number of benzene rings is 1. The Bertz CT molecular complexity index is 1440. The molecule has 1 aromatic carbocycles. The van der Waals surface area contributed by atoms with Gasteiger partial charge < -0.3 is 25.0 Å². The largest absolute Gasteiger partial charge is 0.395 e. The molecular weight excluding hydrogens is 558 g/mol. The van der Waals surface area contributed by atoms with Crippen LogP contribution in [0.15, 0.2) is 30.3 Å². The molecule has 1 unspecified atom stereocenters. The van der Waals surface area contributed by atoms with Gasteiger partial charge in [0.25, 0.3) is 5.91 Å². The van der Waals surface area contributed by atoms with Crippen LogP contribution in [0.4, 0.5) is 17.3 Å². The number of hydrogen-bond acceptors (Lipinski definition) is 9. The zero-order valence-corrected chi connectivity index (χ0v) is 24.5. The second-order valence-corrected chi connectivity index (χ2v) is 11.9. The number of rotatable bonds is 12. The SMILES string of the molecule is CCCCN(C(=O)c1cc(Cl)ccc1NS(C)(=O)=O)C(C)c1cc2nc(NCCO)cc(N3CCOCC3)n2n1. The fourth-order valence-electron chi connectivity index (χ4n) is 4.57. The molecule has 40 heavy (non-hydrogen) atoms. The van der Waals surface area contributed by atoms with E-state index < -0.39 is 16.1 Å². The van der Waals surface area contributed by atoms with Crippen molar-refractivity contribution in [3.8, 4) is 0 Å². The molecule has 2 aromatic heterocycles. The molecule has 1 saturated heterocycles. The summed E-state index contributed by atoms with van der Waals surface area (Å²) in [4.78, 5) is 22.5. The minimum Gasteiger partial charge on any atom is -0.395 e. The Labute approximate surface area is 239 Å². The third-order valence-electron chi connectivity index (χ3n) is 6.60. The molecule has 218 valence electrons. The molecule has 12 nitrogen and oxygen atoms in total. The van der Waals surface area contributed by atoms with Crippen molar-refractivity contribution in [2.45, 2.75) is 32.7 Å². The van der Waals surface area contributed by atoms with Crippen molar-refractivity contribution in [1.82, 2.24) is 19.5 Å².